The van der Waals surface area contributed by atoms with Gasteiger partial charge in [0, 0.05) is 33.9 Å². The van der Waals surface area contributed by atoms with Gasteiger partial charge in [-0.05, 0) is 123 Å². The largest absolute Gasteiger partial charge is 0.336 e. The Bertz CT molecular complexity index is 2280. The van der Waals surface area contributed by atoms with E-state index in [0.717, 1.165) is 6.42 Å². The molecule has 3 heterocycles. The molecule has 0 fully saturated rings. The molecule has 1 unspecified atom stereocenters. The topological polar surface area (TPSA) is 6.48 Å². The smallest absolute Gasteiger partial charge is 0.252 e. The lowest BCUT2D eigenvalue weighted by atomic mass is 9.33. The van der Waals surface area contributed by atoms with Crippen molar-refractivity contribution in [2.24, 2.45) is 0 Å². The van der Waals surface area contributed by atoms with E-state index in [1.54, 1.807) is 0 Å². The standard InChI is InChI=1S/C52H63BN2/c1-13-14-15-19-26-52(12)33-36-29-39(51(9,10)11)31-42-48(36)55(52)46-28-34(2)27-45-47(46)53(42)41-24-22-38(50(6,7)8)32-44(41)54(45)43-25-23-37(49(3,4)5)30-40(43)35-20-17-16-18-21-35/h16-18,20-25,27-32H,13-15,19,26,33H2,1-12H3. The van der Waals surface area contributed by atoms with Crippen molar-refractivity contribution in [2.75, 3.05) is 9.80 Å². The summed E-state index contributed by atoms with van der Waals surface area (Å²) < 4.78 is 0. The second-order valence-electron chi connectivity index (χ2n) is 20.5. The first-order valence-electron chi connectivity index (χ1n) is 21.2. The summed E-state index contributed by atoms with van der Waals surface area (Å²) in [6.45, 7) is 28.6. The summed E-state index contributed by atoms with van der Waals surface area (Å²) >= 11 is 0. The summed E-state index contributed by atoms with van der Waals surface area (Å²) in [6.07, 6.45) is 7.42. The Morgan fingerprint density at radius 2 is 1.27 bits per heavy atom. The quantitative estimate of drug-likeness (QED) is 0.119. The van der Waals surface area contributed by atoms with E-state index in [-0.39, 0.29) is 28.5 Å². The molecule has 0 radical (unpaired) electrons. The molecule has 0 amide bonds. The fraction of sp³-hybridized carbons (Fsp3) is 0.423. The molecule has 0 N–H and O–H groups in total. The molecule has 3 aliphatic heterocycles. The van der Waals surface area contributed by atoms with Crippen molar-refractivity contribution < 1.29 is 0 Å². The van der Waals surface area contributed by atoms with Crippen LogP contribution in [0.5, 0.6) is 0 Å². The predicted molar refractivity (Wildman–Crippen MR) is 242 cm³/mol. The third kappa shape index (κ3) is 6.35. The molecule has 0 spiro atoms. The van der Waals surface area contributed by atoms with Gasteiger partial charge in [-0.25, -0.2) is 0 Å². The van der Waals surface area contributed by atoms with E-state index < -0.39 is 0 Å². The molecule has 0 aromatic heterocycles. The molecule has 0 bridgehead atoms. The lowest BCUT2D eigenvalue weighted by Gasteiger charge is -2.48. The normalized spacial score (nSPS) is 17.3. The van der Waals surface area contributed by atoms with Crippen LogP contribution in [-0.4, -0.2) is 12.3 Å². The molecule has 8 rings (SSSR count). The summed E-state index contributed by atoms with van der Waals surface area (Å²) in [7, 11) is 0. The summed E-state index contributed by atoms with van der Waals surface area (Å²) in [6, 6.07) is 36.0. The van der Waals surface area contributed by atoms with Crippen LogP contribution in [0.2, 0.25) is 0 Å². The van der Waals surface area contributed by atoms with Gasteiger partial charge >= 0.3 is 0 Å². The molecule has 2 nitrogen and oxygen atoms in total. The minimum atomic E-state index is 0.00739. The number of rotatable bonds is 7. The van der Waals surface area contributed by atoms with Crippen molar-refractivity contribution in [3.05, 3.63) is 119 Å². The number of unbranched alkanes of at least 4 members (excludes halogenated alkanes) is 3. The Kier molecular flexibility index (Phi) is 9.03. The van der Waals surface area contributed by atoms with Crippen LogP contribution in [0.4, 0.5) is 28.4 Å². The maximum atomic E-state index is 2.84. The average molecular weight is 727 g/mol. The number of hydrogen-bond donors (Lipinski definition) is 0. The van der Waals surface area contributed by atoms with E-state index in [9.17, 15) is 0 Å². The van der Waals surface area contributed by atoms with Crippen molar-refractivity contribution in [3.63, 3.8) is 0 Å². The predicted octanol–water partition coefficient (Wildman–Crippen LogP) is 12.6. The molecule has 3 heteroatoms. The number of fused-ring (bicyclic) bond motifs is 4. The Hall–Kier alpha value is -4.24. The molecule has 0 aliphatic carbocycles. The van der Waals surface area contributed by atoms with Gasteiger partial charge < -0.3 is 9.80 Å². The zero-order valence-corrected chi connectivity index (χ0v) is 35.9. The van der Waals surface area contributed by atoms with Crippen molar-refractivity contribution in [1.29, 1.82) is 0 Å². The minimum absolute atomic E-state index is 0.00739. The van der Waals surface area contributed by atoms with Crippen LogP contribution in [0.15, 0.2) is 91.0 Å². The van der Waals surface area contributed by atoms with E-state index in [2.05, 4.69) is 184 Å². The van der Waals surface area contributed by atoms with Crippen LogP contribution in [0.1, 0.15) is 136 Å². The highest BCUT2D eigenvalue weighted by Gasteiger charge is 2.51. The number of benzene rings is 5. The van der Waals surface area contributed by atoms with Gasteiger partial charge in [0.05, 0.1) is 5.69 Å². The van der Waals surface area contributed by atoms with Gasteiger partial charge in [-0.3, -0.25) is 0 Å². The monoisotopic (exact) mass is 727 g/mol. The fourth-order valence-corrected chi connectivity index (χ4v) is 9.87. The molecular formula is C52H63BN2. The van der Waals surface area contributed by atoms with Gasteiger partial charge in [-0.1, -0.05) is 156 Å². The first kappa shape index (κ1) is 37.7. The molecule has 0 saturated carbocycles. The maximum Gasteiger partial charge on any atom is 0.252 e. The molecular weight excluding hydrogens is 663 g/mol. The third-order valence-corrected chi connectivity index (χ3v) is 13.0. The van der Waals surface area contributed by atoms with Crippen molar-refractivity contribution in [3.8, 4) is 11.1 Å². The van der Waals surface area contributed by atoms with Crippen molar-refractivity contribution >= 4 is 51.5 Å². The van der Waals surface area contributed by atoms with Crippen molar-refractivity contribution in [2.45, 2.75) is 143 Å². The van der Waals surface area contributed by atoms with E-state index in [0.29, 0.717) is 0 Å². The molecule has 284 valence electrons. The van der Waals surface area contributed by atoms with Gasteiger partial charge in [0.25, 0.3) is 6.71 Å². The summed E-state index contributed by atoms with van der Waals surface area (Å²) in [5, 5.41) is 0. The zero-order valence-electron chi connectivity index (χ0n) is 35.9. The van der Waals surface area contributed by atoms with Crippen LogP contribution < -0.4 is 26.2 Å². The molecule has 5 aromatic carbocycles. The molecule has 3 aliphatic rings. The Labute approximate surface area is 333 Å². The number of nitrogens with zero attached hydrogens (tertiary/aromatic N) is 2. The molecule has 55 heavy (non-hydrogen) atoms. The highest BCUT2D eigenvalue weighted by atomic mass is 15.2. The maximum absolute atomic E-state index is 2.84. The second-order valence-corrected chi connectivity index (χ2v) is 20.5. The van der Waals surface area contributed by atoms with Crippen molar-refractivity contribution in [1.82, 2.24) is 0 Å². The first-order valence-corrected chi connectivity index (χ1v) is 21.2. The Balaban J connectivity index is 1.46. The lowest BCUT2D eigenvalue weighted by molar-refractivity contribution is 0.419. The lowest BCUT2D eigenvalue weighted by Crippen LogP contribution is -2.63. The summed E-state index contributed by atoms with van der Waals surface area (Å²) in [5.74, 6) is 0. The first-order chi connectivity index (χ1) is 25.9. The highest BCUT2D eigenvalue weighted by molar-refractivity contribution is 7.00. The molecule has 1 atom stereocenters. The van der Waals surface area contributed by atoms with E-state index in [1.165, 1.54) is 116 Å². The molecule has 5 aromatic rings. The SMILES string of the molecule is CCCCCCC1(C)Cc2cc(C(C)(C)C)cc3c2N1c1cc(C)cc2c1B3c1ccc(C(C)(C)C)cc1N2c1ccc(C(C)(C)C)cc1-c1ccccc1. The van der Waals surface area contributed by atoms with E-state index >= 15 is 0 Å². The third-order valence-electron chi connectivity index (χ3n) is 13.0. The Morgan fingerprint density at radius 1 is 0.618 bits per heavy atom. The van der Waals surface area contributed by atoms with Gasteiger partial charge in [-0.15, -0.1) is 0 Å². The molecule has 0 saturated heterocycles. The number of hydrogen-bond acceptors (Lipinski definition) is 2. The van der Waals surface area contributed by atoms with E-state index in [1.807, 2.05) is 0 Å². The van der Waals surface area contributed by atoms with Gasteiger partial charge in [0.15, 0.2) is 0 Å². The highest BCUT2D eigenvalue weighted by Crippen LogP contribution is 2.52. The summed E-state index contributed by atoms with van der Waals surface area (Å²) in [4.78, 5) is 5.50. The van der Waals surface area contributed by atoms with Gasteiger partial charge in [-0.2, -0.15) is 0 Å². The van der Waals surface area contributed by atoms with Crippen LogP contribution in [0, 0.1) is 6.92 Å². The van der Waals surface area contributed by atoms with Crippen LogP contribution in [-0.2, 0) is 22.7 Å². The van der Waals surface area contributed by atoms with Crippen LogP contribution in [0.3, 0.4) is 0 Å². The van der Waals surface area contributed by atoms with Gasteiger partial charge in [0.2, 0.25) is 0 Å². The van der Waals surface area contributed by atoms with Gasteiger partial charge in [0.1, 0.15) is 0 Å². The fourth-order valence-electron chi connectivity index (χ4n) is 9.87. The average Bonchev–Trinajstić information content (AvgIpc) is 3.42. The van der Waals surface area contributed by atoms with Crippen LogP contribution in [0.25, 0.3) is 11.1 Å². The van der Waals surface area contributed by atoms with Crippen LogP contribution >= 0.6 is 0 Å². The van der Waals surface area contributed by atoms with E-state index in [4.69, 9.17) is 0 Å². The zero-order chi connectivity index (χ0) is 39.2. The summed E-state index contributed by atoms with van der Waals surface area (Å²) in [5.41, 5.74) is 20.8. The Morgan fingerprint density at radius 3 is 1.95 bits per heavy atom. The minimum Gasteiger partial charge on any atom is -0.336 e. The number of aryl methyl sites for hydroxylation is 1. The number of anilines is 5. The second kappa shape index (κ2) is 13.2.